The molecule has 1 atom stereocenters. The molecule has 1 spiro atoms. The van der Waals surface area contributed by atoms with E-state index in [4.69, 9.17) is 14.2 Å². The van der Waals surface area contributed by atoms with E-state index in [0.29, 0.717) is 13.2 Å². The van der Waals surface area contributed by atoms with Crippen LogP contribution in [0.2, 0.25) is 0 Å². The van der Waals surface area contributed by atoms with Crippen LogP contribution in [0.4, 0.5) is 0 Å². The number of rotatable bonds is 4. The average molecular weight is 376 g/mol. The number of hydrogen-bond acceptors (Lipinski definition) is 6. The van der Waals surface area contributed by atoms with E-state index >= 15 is 0 Å². The highest BCUT2D eigenvalue weighted by Gasteiger charge is 2.43. The topological polar surface area (TPSA) is 80.3 Å². The van der Waals surface area contributed by atoms with Gasteiger partial charge in [-0.25, -0.2) is 0 Å². The fourth-order valence-electron chi connectivity index (χ4n) is 4.44. The highest BCUT2D eigenvalue weighted by molar-refractivity contribution is 5.74. The van der Waals surface area contributed by atoms with Crippen LogP contribution < -0.4 is 19.5 Å². The molecule has 7 nitrogen and oxygen atoms in total. The van der Waals surface area contributed by atoms with E-state index in [1.807, 2.05) is 12.1 Å². The zero-order valence-electron chi connectivity index (χ0n) is 15.8. The van der Waals surface area contributed by atoms with Gasteiger partial charge in [0.25, 0.3) is 0 Å². The van der Waals surface area contributed by atoms with Gasteiger partial charge in [-0.2, -0.15) is 0 Å². The average Bonchev–Trinajstić information content (AvgIpc) is 2.95. The van der Waals surface area contributed by atoms with Crippen LogP contribution in [0.25, 0.3) is 0 Å². The monoisotopic (exact) mass is 376 g/mol. The second-order valence-corrected chi connectivity index (χ2v) is 7.91. The molecule has 2 fully saturated rings. The Bertz CT molecular complexity index is 700. The quantitative estimate of drug-likeness (QED) is 0.831. The van der Waals surface area contributed by atoms with E-state index in [1.165, 1.54) is 0 Å². The van der Waals surface area contributed by atoms with Gasteiger partial charge in [0, 0.05) is 31.1 Å². The van der Waals surface area contributed by atoms with Crippen LogP contribution in [0.3, 0.4) is 0 Å². The van der Waals surface area contributed by atoms with Gasteiger partial charge in [0.1, 0.15) is 11.8 Å². The van der Waals surface area contributed by atoms with Crippen molar-refractivity contribution in [1.82, 2.24) is 10.2 Å². The molecule has 0 saturated carbocycles. The molecule has 0 aromatic heterocycles. The first-order chi connectivity index (χ1) is 13.1. The number of methoxy groups -OCH3 is 1. The summed E-state index contributed by atoms with van der Waals surface area (Å²) in [5.74, 6) is 1.64. The fourth-order valence-corrected chi connectivity index (χ4v) is 4.44. The minimum absolute atomic E-state index is 0.133. The summed E-state index contributed by atoms with van der Waals surface area (Å²) >= 11 is 0. The second-order valence-electron chi connectivity index (χ2n) is 7.91. The Morgan fingerprint density at radius 3 is 2.63 bits per heavy atom. The maximum atomic E-state index is 11.2. The van der Waals surface area contributed by atoms with Crippen molar-refractivity contribution in [3.63, 3.8) is 0 Å². The Morgan fingerprint density at radius 1 is 1.30 bits per heavy atom. The summed E-state index contributed by atoms with van der Waals surface area (Å²) in [6.07, 6.45) is 3.67. The maximum Gasteiger partial charge on any atom is 0.320 e. The number of benzene rings is 1. The number of carboxylic acid groups (broad SMARTS) is 1. The first-order valence-corrected chi connectivity index (χ1v) is 9.74. The fraction of sp³-hybridized carbons (Fsp3) is 0.650. The van der Waals surface area contributed by atoms with Crippen molar-refractivity contribution in [1.29, 1.82) is 0 Å². The van der Waals surface area contributed by atoms with Gasteiger partial charge in [-0.1, -0.05) is 0 Å². The smallest absolute Gasteiger partial charge is 0.320 e. The molecule has 148 valence electrons. The normalized spacial score (nSPS) is 24.6. The molecule has 0 bridgehead atoms. The van der Waals surface area contributed by atoms with Gasteiger partial charge in [0.2, 0.25) is 0 Å². The Hall–Kier alpha value is -1.99. The summed E-state index contributed by atoms with van der Waals surface area (Å²) in [5, 5.41) is 12.4. The SMILES string of the molecule is COc1cc2c(cc1CN1CCC3(CC1)CNC(C(=O)O)C3)OCCCO2. The van der Waals surface area contributed by atoms with Crippen molar-refractivity contribution < 1.29 is 24.1 Å². The molecule has 1 unspecified atom stereocenters. The van der Waals surface area contributed by atoms with Crippen LogP contribution >= 0.6 is 0 Å². The van der Waals surface area contributed by atoms with Gasteiger partial charge < -0.3 is 24.6 Å². The maximum absolute atomic E-state index is 11.2. The molecule has 3 aliphatic rings. The molecule has 1 aromatic rings. The number of piperidine rings is 1. The third-order valence-corrected chi connectivity index (χ3v) is 6.12. The molecule has 1 aromatic carbocycles. The summed E-state index contributed by atoms with van der Waals surface area (Å²) in [6, 6.07) is 3.58. The Labute approximate surface area is 159 Å². The summed E-state index contributed by atoms with van der Waals surface area (Å²) < 4.78 is 17.2. The van der Waals surface area contributed by atoms with E-state index in [9.17, 15) is 9.90 Å². The van der Waals surface area contributed by atoms with Gasteiger partial charge in [-0.3, -0.25) is 9.69 Å². The summed E-state index contributed by atoms with van der Waals surface area (Å²) in [7, 11) is 1.68. The minimum atomic E-state index is -0.730. The van der Waals surface area contributed by atoms with Gasteiger partial charge in [-0.05, 0) is 43.8 Å². The number of carbonyl (C=O) groups is 1. The van der Waals surface area contributed by atoms with Gasteiger partial charge in [0.15, 0.2) is 11.5 Å². The lowest BCUT2D eigenvalue weighted by Gasteiger charge is -2.39. The number of nitrogens with zero attached hydrogens (tertiary/aromatic N) is 1. The molecule has 7 heteroatoms. The largest absolute Gasteiger partial charge is 0.496 e. The van der Waals surface area contributed by atoms with Crippen molar-refractivity contribution in [2.45, 2.75) is 38.3 Å². The standard InChI is InChI=1S/C20H28N2O5/c1-25-16-10-18-17(26-7-2-8-27-18)9-14(16)12-22-5-3-20(4-6-22)11-15(19(23)24)21-13-20/h9-10,15,21H,2-8,11-13H2,1H3,(H,23,24). The molecule has 0 aliphatic carbocycles. The minimum Gasteiger partial charge on any atom is -0.496 e. The Morgan fingerprint density at radius 2 is 2.00 bits per heavy atom. The molecule has 2 N–H and O–H groups in total. The second kappa shape index (κ2) is 7.56. The van der Waals surface area contributed by atoms with Crippen LogP contribution in [-0.2, 0) is 11.3 Å². The van der Waals surface area contributed by atoms with Crippen LogP contribution in [-0.4, -0.2) is 62.0 Å². The van der Waals surface area contributed by atoms with Crippen LogP contribution in [0, 0.1) is 5.41 Å². The van der Waals surface area contributed by atoms with Crippen LogP contribution in [0.15, 0.2) is 12.1 Å². The van der Waals surface area contributed by atoms with Crippen LogP contribution in [0.5, 0.6) is 17.2 Å². The molecular formula is C20H28N2O5. The van der Waals surface area contributed by atoms with E-state index < -0.39 is 12.0 Å². The van der Waals surface area contributed by atoms with Crippen molar-refractivity contribution in [3.8, 4) is 17.2 Å². The van der Waals surface area contributed by atoms with Gasteiger partial charge in [0.05, 0.1) is 20.3 Å². The van der Waals surface area contributed by atoms with Gasteiger partial charge in [-0.15, -0.1) is 0 Å². The van der Waals surface area contributed by atoms with E-state index in [0.717, 1.165) is 74.7 Å². The number of aliphatic carboxylic acids is 1. The van der Waals surface area contributed by atoms with Crippen molar-refractivity contribution in [3.05, 3.63) is 17.7 Å². The Balaban J connectivity index is 1.42. The zero-order chi connectivity index (χ0) is 18.9. The number of carboxylic acids is 1. The third kappa shape index (κ3) is 3.84. The van der Waals surface area contributed by atoms with E-state index in [-0.39, 0.29) is 5.41 Å². The third-order valence-electron chi connectivity index (χ3n) is 6.12. The molecule has 0 amide bonds. The highest BCUT2D eigenvalue weighted by atomic mass is 16.5. The summed E-state index contributed by atoms with van der Waals surface area (Å²) in [5.41, 5.74) is 1.24. The number of ether oxygens (including phenoxy) is 3. The lowest BCUT2D eigenvalue weighted by Crippen LogP contribution is -2.40. The van der Waals surface area contributed by atoms with E-state index in [1.54, 1.807) is 7.11 Å². The molecule has 27 heavy (non-hydrogen) atoms. The molecule has 3 heterocycles. The summed E-state index contributed by atoms with van der Waals surface area (Å²) in [4.78, 5) is 13.7. The highest BCUT2D eigenvalue weighted by Crippen LogP contribution is 2.41. The Kier molecular flexibility index (Phi) is 5.14. The molecule has 0 radical (unpaired) electrons. The molecule has 3 aliphatic heterocycles. The molecular weight excluding hydrogens is 348 g/mol. The number of nitrogens with one attached hydrogen (secondary N) is 1. The van der Waals surface area contributed by atoms with Crippen molar-refractivity contribution in [2.24, 2.45) is 5.41 Å². The predicted molar refractivity (Wildman–Crippen MR) is 99.6 cm³/mol. The number of likely N-dealkylation sites (tertiary alicyclic amines) is 1. The summed E-state index contributed by atoms with van der Waals surface area (Å²) in [6.45, 7) is 4.87. The number of hydrogen-bond donors (Lipinski definition) is 2. The lowest BCUT2D eigenvalue weighted by molar-refractivity contribution is -0.139. The predicted octanol–water partition coefficient (Wildman–Crippen LogP) is 1.89. The first-order valence-electron chi connectivity index (χ1n) is 9.74. The molecule has 2 saturated heterocycles. The molecule has 4 rings (SSSR count). The first kappa shape index (κ1) is 18.4. The lowest BCUT2D eigenvalue weighted by atomic mass is 9.76. The van der Waals surface area contributed by atoms with Crippen molar-refractivity contribution >= 4 is 5.97 Å². The van der Waals surface area contributed by atoms with Crippen LogP contribution in [0.1, 0.15) is 31.2 Å². The number of fused-ring (bicyclic) bond motifs is 1. The van der Waals surface area contributed by atoms with E-state index in [2.05, 4.69) is 10.2 Å². The van der Waals surface area contributed by atoms with Gasteiger partial charge >= 0.3 is 5.97 Å². The van der Waals surface area contributed by atoms with Crippen molar-refractivity contribution in [2.75, 3.05) is 40.0 Å². The zero-order valence-corrected chi connectivity index (χ0v) is 15.8.